The Bertz CT molecular complexity index is 879. The third kappa shape index (κ3) is 3.58. The summed E-state index contributed by atoms with van der Waals surface area (Å²) in [7, 11) is 0. The first-order valence-electron chi connectivity index (χ1n) is 9.14. The number of hydrogen-bond acceptors (Lipinski definition) is 5. The monoisotopic (exact) mass is 340 g/mol. The molecule has 3 aromatic heterocycles. The highest BCUT2D eigenvalue weighted by atomic mass is 15.3. The maximum Gasteiger partial charge on any atom is 0.184 e. The molecule has 0 aromatic carbocycles. The van der Waals surface area contributed by atoms with Crippen molar-refractivity contribution in [2.24, 2.45) is 0 Å². The van der Waals surface area contributed by atoms with Gasteiger partial charge in [-0.25, -0.2) is 9.97 Å². The molecule has 0 saturated heterocycles. The molecule has 3 aromatic rings. The van der Waals surface area contributed by atoms with E-state index in [1.807, 2.05) is 18.4 Å². The largest absolute Gasteiger partial charge is 0.370 e. The molecule has 0 aliphatic heterocycles. The molecule has 0 amide bonds. The second kappa shape index (κ2) is 7.35. The van der Waals surface area contributed by atoms with Gasteiger partial charge >= 0.3 is 0 Å². The third-order valence-corrected chi connectivity index (χ3v) is 4.65. The minimum absolute atomic E-state index is 0.766. The van der Waals surface area contributed by atoms with E-state index in [1.165, 1.54) is 5.56 Å². The summed E-state index contributed by atoms with van der Waals surface area (Å²) in [6.07, 6.45) is 1.10. The minimum atomic E-state index is 0.766. The fourth-order valence-electron chi connectivity index (χ4n) is 3.33. The summed E-state index contributed by atoms with van der Waals surface area (Å²) in [6.45, 7) is 14.8. The lowest BCUT2D eigenvalue weighted by Crippen LogP contribution is -2.25. The van der Waals surface area contributed by atoms with Crippen molar-refractivity contribution in [3.63, 3.8) is 0 Å². The summed E-state index contributed by atoms with van der Waals surface area (Å²) in [4.78, 5) is 11.7. The lowest BCUT2D eigenvalue weighted by atomic mass is 10.2. The molecule has 1 N–H and O–H groups in total. The van der Waals surface area contributed by atoms with Gasteiger partial charge in [-0.1, -0.05) is 13.8 Å². The van der Waals surface area contributed by atoms with Crippen LogP contribution in [0.15, 0.2) is 12.1 Å². The predicted molar refractivity (Wildman–Crippen MR) is 103 cm³/mol. The maximum absolute atomic E-state index is 4.71. The van der Waals surface area contributed by atoms with Crippen LogP contribution < -0.4 is 5.32 Å². The number of nitrogens with zero attached hydrogens (tertiary/aromatic N) is 5. The Balaban J connectivity index is 1.89. The Morgan fingerprint density at radius 3 is 2.48 bits per heavy atom. The second-order valence-corrected chi connectivity index (χ2v) is 6.60. The quantitative estimate of drug-likeness (QED) is 0.669. The summed E-state index contributed by atoms with van der Waals surface area (Å²) >= 11 is 0. The second-order valence-electron chi connectivity index (χ2n) is 6.60. The molecule has 6 nitrogen and oxygen atoms in total. The molecular weight excluding hydrogens is 312 g/mol. The average Bonchev–Trinajstić information content (AvgIpc) is 2.93. The van der Waals surface area contributed by atoms with E-state index in [0.29, 0.717) is 0 Å². The van der Waals surface area contributed by atoms with Crippen molar-refractivity contribution in [2.45, 2.75) is 41.0 Å². The summed E-state index contributed by atoms with van der Waals surface area (Å²) in [6, 6.07) is 4.14. The molecule has 6 heteroatoms. The summed E-state index contributed by atoms with van der Waals surface area (Å²) in [5, 5.41) is 9.27. The van der Waals surface area contributed by atoms with E-state index in [9.17, 15) is 0 Å². The number of aromatic nitrogens is 4. The minimum Gasteiger partial charge on any atom is -0.370 e. The van der Waals surface area contributed by atoms with E-state index in [-0.39, 0.29) is 0 Å². The van der Waals surface area contributed by atoms with Gasteiger partial charge in [-0.15, -0.1) is 5.10 Å². The van der Waals surface area contributed by atoms with Gasteiger partial charge in [0, 0.05) is 24.0 Å². The Morgan fingerprint density at radius 1 is 1.04 bits per heavy atom. The van der Waals surface area contributed by atoms with Gasteiger partial charge in [-0.2, -0.15) is 4.52 Å². The number of anilines is 1. The first-order valence-corrected chi connectivity index (χ1v) is 9.14. The van der Waals surface area contributed by atoms with Crippen LogP contribution >= 0.6 is 0 Å². The highest BCUT2D eigenvalue weighted by molar-refractivity contribution is 5.93. The third-order valence-electron chi connectivity index (χ3n) is 4.65. The van der Waals surface area contributed by atoms with Crippen molar-refractivity contribution >= 4 is 22.5 Å². The summed E-state index contributed by atoms with van der Waals surface area (Å²) in [5.41, 5.74) is 4.79. The lowest BCUT2D eigenvalue weighted by Gasteiger charge is -2.18. The molecule has 0 fully saturated rings. The van der Waals surface area contributed by atoms with Gasteiger partial charge in [0.15, 0.2) is 11.3 Å². The first-order chi connectivity index (χ1) is 12.0. The van der Waals surface area contributed by atoms with Crippen molar-refractivity contribution in [2.75, 3.05) is 31.5 Å². The van der Waals surface area contributed by atoms with Crippen molar-refractivity contribution in [3.05, 3.63) is 29.1 Å². The van der Waals surface area contributed by atoms with E-state index >= 15 is 0 Å². The van der Waals surface area contributed by atoms with Gasteiger partial charge in [0.25, 0.3) is 0 Å². The van der Waals surface area contributed by atoms with Gasteiger partial charge in [0.1, 0.15) is 5.82 Å². The van der Waals surface area contributed by atoms with Crippen molar-refractivity contribution < 1.29 is 0 Å². The number of rotatable bonds is 7. The van der Waals surface area contributed by atoms with Crippen molar-refractivity contribution in [3.8, 4) is 0 Å². The van der Waals surface area contributed by atoms with Gasteiger partial charge in [-0.3, -0.25) is 0 Å². The van der Waals surface area contributed by atoms with E-state index in [1.54, 1.807) is 0 Å². The van der Waals surface area contributed by atoms with Crippen molar-refractivity contribution in [1.82, 2.24) is 24.5 Å². The topological polar surface area (TPSA) is 58.3 Å². The van der Waals surface area contributed by atoms with Crippen LogP contribution in [0.3, 0.4) is 0 Å². The molecule has 3 heterocycles. The molecule has 25 heavy (non-hydrogen) atoms. The van der Waals surface area contributed by atoms with Crippen LogP contribution in [0.2, 0.25) is 0 Å². The zero-order valence-corrected chi connectivity index (χ0v) is 15.9. The van der Waals surface area contributed by atoms with E-state index < -0.39 is 0 Å². The van der Waals surface area contributed by atoms with Gasteiger partial charge < -0.3 is 10.2 Å². The molecular formula is C19H28N6. The van der Waals surface area contributed by atoms with Gasteiger partial charge in [0.2, 0.25) is 0 Å². The Morgan fingerprint density at radius 2 is 1.76 bits per heavy atom. The van der Waals surface area contributed by atoms with Crippen LogP contribution in [-0.2, 0) is 0 Å². The molecule has 0 unspecified atom stereocenters. The molecule has 0 bridgehead atoms. The lowest BCUT2D eigenvalue weighted by molar-refractivity contribution is 0.303. The molecule has 0 aliphatic rings. The maximum atomic E-state index is 4.71. The van der Waals surface area contributed by atoms with E-state index in [2.05, 4.69) is 48.1 Å². The predicted octanol–water partition coefficient (Wildman–Crippen LogP) is 3.35. The molecule has 0 saturated carbocycles. The van der Waals surface area contributed by atoms with Crippen LogP contribution in [-0.4, -0.2) is 50.7 Å². The van der Waals surface area contributed by atoms with E-state index in [4.69, 9.17) is 10.1 Å². The van der Waals surface area contributed by atoms with Crippen LogP contribution in [0.5, 0.6) is 0 Å². The van der Waals surface area contributed by atoms with Gasteiger partial charge in [-0.05, 0) is 58.5 Å². The fourth-order valence-corrected chi connectivity index (χ4v) is 3.33. The SMILES string of the molecule is CCN(CC)CCCNc1cc(C)nc2c3c(C)cc(C)nc3nn12. The fraction of sp³-hybridized carbons (Fsp3) is 0.526. The highest BCUT2D eigenvalue weighted by Gasteiger charge is 2.14. The zero-order valence-electron chi connectivity index (χ0n) is 15.9. The number of hydrogen-bond donors (Lipinski definition) is 1. The molecule has 0 aliphatic carbocycles. The van der Waals surface area contributed by atoms with Gasteiger partial charge in [0.05, 0.1) is 5.39 Å². The molecule has 0 atom stereocenters. The van der Waals surface area contributed by atoms with Crippen LogP contribution in [0.1, 0.15) is 37.2 Å². The Labute approximate surface area is 149 Å². The molecule has 0 radical (unpaired) electrons. The summed E-state index contributed by atoms with van der Waals surface area (Å²) in [5.74, 6) is 0.983. The smallest absolute Gasteiger partial charge is 0.184 e. The standard InChI is InChI=1S/C19H28N6/c1-6-24(7-2)10-8-9-20-16-12-15(5)22-19-17-13(3)11-14(4)21-18(17)23-25(16)19/h11-12,20H,6-10H2,1-5H3. The Kier molecular flexibility index (Phi) is 5.18. The van der Waals surface area contributed by atoms with Crippen molar-refractivity contribution in [1.29, 1.82) is 0 Å². The average molecular weight is 340 g/mol. The summed E-state index contributed by atoms with van der Waals surface area (Å²) < 4.78 is 1.90. The zero-order chi connectivity index (χ0) is 18.0. The van der Waals surface area contributed by atoms with Crippen LogP contribution in [0, 0.1) is 20.8 Å². The first kappa shape index (κ1) is 17.6. The highest BCUT2D eigenvalue weighted by Crippen LogP contribution is 2.24. The number of pyridine rings is 1. The molecule has 3 rings (SSSR count). The number of aryl methyl sites for hydroxylation is 3. The normalized spacial score (nSPS) is 11.8. The number of nitrogens with one attached hydrogen (secondary N) is 1. The number of fused-ring (bicyclic) bond motifs is 3. The van der Waals surface area contributed by atoms with Crippen LogP contribution in [0.25, 0.3) is 16.7 Å². The molecule has 0 spiro atoms. The Hall–Kier alpha value is -2.21. The molecule has 134 valence electrons. The van der Waals surface area contributed by atoms with E-state index in [0.717, 1.165) is 66.5 Å². The van der Waals surface area contributed by atoms with Crippen LogP contribution in [0.4, 0.5) is 5.82 Å².